The summed E-state index contributed by atoms with van der Waals surface area (Å²) >= 11 is 0.673. The highest BCUT2D eigenvalue weighted by Gasteiger charge is 2.33. The van der Waals surface area contributed by atoms with E-state index in [1.54, 1.807) is 42.5 Å². The first-order valence-corrected chi connectivity index (χ1v) is 11.2. The molecule has 0 amide bonds. The molecule has 2 atom stereocenters. The zero-order valence-corrected chi connectivity index (χ0v) is 17.9. The van der Waals surface area contributed by atoms with Crippen molar-refractivity contribution in [2.75, 3.05) is 6.54 Å². The van der Waals surface area contributed by atoms with Gasteiger partial charge in [-0.2, -0.15) is 0 Å². The number of benzene rings is 2. The van der Waals surface area contributed by atoms with Gasteiger partial charge in [-0.3, -0.25) is 14.4 Å². The summed E-state index contributed by atoms with van der Waals surface area (Å²) in [6, 6.07) is 15.0. The minimum Gasteiger partial charge on any atom is -0.460 e. The number of ether oxygens (including phenoxy) is 1. The zero-order valence-electron chi connectivity index (χ0n) is 17.1. The van der Waals surface area contributed by atoms with E-state index >= 15 is 0 Å². The van der Waals surface area contributed by atoms with Gasteiger partial charge < -0.3 is 14.5 Å². The highest BCUT2D eigenvalue weighted by Crippen LogP contribution is 2.27. The Morgan fingerprint density at radius 3 is 2.56 bits per heavy atom. The van der Waals surface area contributed by atoms with Crippen LogP contribution in [0.2, 0.25) is 0 Å². The topological polar surface area (TPSA) is 103 Å². The molecule has 1 aliphatic heterocycles. The highest BCUT2D eigenvalue weighted by atomic mass is 32.2. The molecule has 8 heteroatoms. The fraction of sp³-hybridized carbons (Fsp3) is 0.250. The Labute approximate surface area is 188 Å². The maximum absolute atomic E-state index is 13.0. The zero-order chi connectivity index (χ0) is 22.5. The van der Waals surface area contributed by atoms with E-state index in [1.807, 2.05) is 12.1 Å². The Hall–Kier alpha value is -3.23. The van der Waals surface area contributed by atoms with Gasteiger partial charge in [-0.25, -0.2) is 4.79 Å². The van der Waals surface area contributed by atoms with E-state index in [-0.39, 0.29) is 12.2 Å². The summed E-state index contributed by atoms with van der Waals surface area (Å²) in [6.07, 6.45) is 2.51. The fourth-order valence-electron chi connectivity index (χ4n) is 3.54. The van der Waals surface area contributed by atoms with Gasteiger partial charge in [0.2, 0.25) is 5.12 Å². The van der Waals surface area contributed by atoms with Crippen molar-refractivity contribution in [3.8, 4) is 0 Å². The molecule has 2 aromatic carbocycles. The van der Waals surface area contributed by atoms with Crippen LogP contribution in [0.4, 0.5) is 0 Å². The number of nitrogens with one attached hydrogen (secondary N) is 1. The molecule has 0 bridgehead atoms. The maximum atomic E-state index is 13.0. The third-order valence-electron chi connectivity index (χ3n) is 5.20. The van der Waals surface area contributed by atoms with Gasteiger partial charge in [-0.1, -0.05) is 66.4 Å². The lowest BCUT2D eigenvalue weighted by Gasteiger charge is -2.15. The predicted octanol–water partition coefficient (Wildman–Crippen LogP) is 3.77. The summed E-state index contributed by atoms with van der Waals surface area (Å²) < 4.78 is 10.5. The van der Waals surface area contributed by atoms with Crippen molar-refractivity contribution in [2.24, 2.45) is 0 Å². The molecule has 7 nitrogen and oxygen atoms in total. The molecular formula is C24H21NO6S. The van der Waals surface area contributed by atoms with Gasteiger partial charge in [-0.15, -0.1) is 0 Å². The third-order valence-corrected chi connectivity index (χ3v) is 6.29. The maximum Gasteiger partial charge on any atom is 0.330 e. The highest BCUT2D eigenvalue weighted by molar-refractivity contribution is 8.15. The second kappa shape index (κ2) is 9.93. The lowest BCUT2D eigenvalue weighted by molar-refractivity contribution is -0.160. The molecule has 4 rings (SSSR count). The Morgan fingerprint density at radius 1 is 1.06 bits per heavy atom. The molecule has 164 valence electrons. The molecular weight excluding hydrogens is 430 g/mol. The number of carbonyl (C=O) groups is 4. The lowest BCUT2D eigenvalue weighted by Crippen LogP contribution is -2.36. The van der Waals surface area contributed by atoms with E-state index in [9.17, 15) is 19.2 Å². The molecule has 1 fully saturated rings. The van der Waals surface area contributed by atoms with Gasteiger partial charge in [0.25, 0.3) is 0 Å². The number of hydrogen-bond acceptors (Lipinski definition) is 8. The van der Waals surface area contributed by atoms with E-state index in [2.05, 4.69) is 5.32 Å². The van der Waals surface area contributed by atoms with Gasteiger partial charge in [0.05, 0.1) is 6.26 Å². The monoisotopic (exact) mass is 451 g/mol. The van der Waals surface area contributed by atoms with Crippen molar-refractivity contribution in [3.63, 3.8) is 0 Å². The molecule has 1 saturated heterocycles. The van der Waals surface area contributed by atoms with Crippen molar-refractivity contribution in [1.82, 2.24) is 5.32 Å². The van der Waals surface area contributed by atoms with Crippen molar-refractivity contribution < 1.29 is 28.3 Å². The minimum absolute atomic E-state index is 0.106. The van der Waals surface area contributed by atoms with Gasteiger partial charge in [0, 0.05) is 22.8 Å². The molecule has 1 N–H and O–H groups in total. The van der Waals surface area contributed by atoms with E-state index in [1.165, 1.54) is 6.26 Å². The SMILES string of the molecule is O=C(SC(CC(=O)c1occ2ccccc12)C(=O)OC(=O)[C@@H]1CCCN1)c1ccccc1. The van der Waals surface area contributed by atoms with Crippen LogP contribution in [-0.2, 0) is 14.3 Å². The fourth-order valence-corrected chi connectivity index (χ4v) is 4.45. The lowest BCUT2D eigenvalue weighted by atomic mass is 10.1. The second-order valence-electron chi connectivity index (χ2n) is 7.43. The van der Waals surface area contributed by atoms with Crippen molar-refractivity contribution >= 4 is 45.4 Å². The van der Waals surface area contributed by atoms with Gasteiger partial charge in [-0.05, 0) is 19.4 Å². The third kappa shape index (κ3) is 4.98. The molecule has 1 aliphatic rings. The summed E-state index contributed by atoms with van der Waals surface area (Å²) in [5.74, 6) is -1.95. The quantitative estimate of drug-likeness (QED) is 0.329. The Balaban J connectivity index is 1.53. The summed E-state index contributed by atoms with van der Waals surface area (Å²) in [7, 11) is 0. The number of ketones is 1. The van der Waals surface area contributed by atoms with Crippen LogP contribution in [0.1, 0.15) is 40.2 Å². The van der Waals surface area contributed by atoms with E-state index in [0.29, 0.717) is 35.7 Å². The van der Waals surface area contributed by atoms with Gasteiger partial charge in [0.1, 0.15) is 11.3 Å². The van der Waals surface area contributed by atoms with Crippen LogP contribution >= 0.6 is 11.8 Å². The molecule has 3 aromatic rings. The van der Waals surface area contributed by atoms with Gasteiger partial charge in [0.15, 0.2) is 11.5 Å². The molecule has 32 heavy (non-hydrogen) atoms. The summed E-state index contributed by atoms with van der Waals surface area (Å²) in [5, 5.41) is 2.76. The van der Waals surface area contributed by atoms with E-state index in [4.69, 9.17) is 9.15 Å². The van der Waals surface area contributed by atoms with E-state index < -0.39 is 34.1 Å². The van der Waals surface area contributed by atoms with Crippen molar-refractivity contribution in [2.45, 2.75) is 30.6 Å². The summed E-state index contributed by atoms with van der Waals surface area (Å²) in [6.45, 7) is 0.669. The number of esters is 2. The molecule has 0 saturated carbocycles. The van der Waals surface area contributed by atoms with Gasteiger partial charge >= 0.3 is 11.9 Å². The summed E-state index contributed by atoms with van der Waals surface area (Å²) in [4.78, 5) is 50.8. The van der Waals surface area contributed by atoms with Crippen LogP contribution < -0.4 is 5.32 Å². The van der Waals surface area contributed by atoms with Crippen LogP contribution in [0.25, 0.3) is 10.8 Å². The first-order chi connectivity index (χ1) is 15.5. The Kier molecular flexibility index (Phi) is 6.82. The number of Topliss-reactive ketones (excluding diaryl/α,β-unsaturated/α-hetero) is 1. The largest absolute Gasteiger partial charge is 0.460 e. The Morgan fingerprint density at radius 2 is 1.81 bits per heavy atom. The van der Waals surface area contributed by atoms with Crippen LogP contribution in [-0.4, -0.2) is 40.7 Å². The molecule has 1 unspecified atom stereocenters. The van der Waals surface area contributed by atoms with Crippen LogP contribution in [0.15, 0.2) is 65.3 Å². The standard InChI is InChI=1S/C24H21NO6S/c26-19(21-17-10-5-4-9-16(17)14-30-21)13-20(32-24(29)15-7-2-1-3-8-15)23(28)31-22(27)18-11-6-12-25-18/h1-5,7-10,14,18,20,25H,6,11-13H2/t18-,20?/m0/s1. The molecule has 0 spiro atoms. The van der Waals surface area contributed by atoms with Crippen LogP contribution in [0.5, 0.6) is 0 Å². The smallest absolute Gasteiger partial charge is 0.330 e. The normalized spacial score (nSPS) is 16.6. The molecule has 0 radical (unpaired) electrons. The molecule has 0 aliphatic carbocycles. The number of fused-ring (bicyclic) bond motifs is 1. The first kappa shape index (κ1) is 22.0. The molecule has 2 heterocycles. The van der Waals surface area contributed by atoms with Crippen molar-refractivity contribution in [1.29, 1.82) is 0 Å². The number of carbonyl (C=O) groups excluding carboxylic acids is 4. The Bertz CT molecular complexity index is 1150. The van der Waals surface area contributed by atoms with Crippen LogP contribution in [0.3, 0.4) is 0 Å². The predicted molar refractivity (Wildman–Crippen MR) is 119 cm³/mol. The first-order valence-electron chi connectivity index (χ1n) is 10.3. The number of hydrogen-bond donors (Lipinski definition) is 1. The number of thioether (sulfide) groups is 1. The second-order valence-corrected chi connectivity index (χ2v) is 8.60. The molecule has 1 aromatic heterocycles. The van der Waals surface area contributed by atoms with Crippen molar-refractivity contribution in [3.05, 3.63) is 72.2 Å². The minimum atomic E-state index is -1.19. The van der Waals surface area contributed by atoms with Crippen LogP contribution in [0, 0.1) is 0 Å². The summed E-state index contributed by atoms with van der Waals surface area (Å²) in [5.41, 5.74) is 0.384. The number of furan rings is 1. The average molecular weight is 452 g/mol. The number of rotatable bonds is 7. The van der Waals surface area contributed by atoms with E-state index in [0.717, 1.165) is 11.8 Å². The average Bonchev–Trinajstić information content (AvgIpc) is 3.49.